The van der Waals surface area contributed by atoms with Crippen LogP contribution in [0.3, 0.4) is 0 Å². The lowest BCUT2D eigenvalue weighted by Crippen LogP contribution is -1.93. The summed E-state index contributed by atoms with van der Waals surface area (Å²) in [5.41, 5.74) is 2.92. The maximum Gasteiger partial charge on any atom is 0.251 e. The molecule has 0 spiro atoms. The van der Waals surface area contributed by atoms with Gasteiger partial charge in [-0.2, -0.15) is 0 Å². The van der Waals surface area contributed by atoms with E-state index < -0.39 is 0 Å². The number of aryl methyl sites for hydroxylation is 1. The molecule has 3 aromatic rings. The Kier molecular flexibility index (Phi) is 3.69. The number of hydrogen-bond donors (Lipinski definition) is 0. The van der Waals surface area contributed by atoms with Crippen molar-refractivity contribution in [3.05, 3.63) is 54.1 Å². The van der Waals surface area contributed by atoms with Gasteiger partial charge in [0.25, 0.3) is 5.89 Å². The van der Waals surface area contributed by atoms with E-state index in [1.165, 1.54) is 5.56 Å². The van der Waals surface area contributed by atoms with E-state index in [0.29, 0.717) is 18.4 Å². The van der Waals surface area contributed by atoms with E-state index in [0.717, 1.165) is 16.9 Å². The van der Waals surface area contributed by atoms with Gasteiger partial charge in [0.1, 0.15) is 5.75 Å². The third-order valence-corrected chi connectivity index (χ3v) is 3.14. The van der Waals surface area contributed by atoms with E-state index in [1.54, 1.807) is 0 Å². The van der Waals surface area contributed by atoms with Gasteiger partial charge in [0, 0.05) is 5.56 Å². The van der Waals surface area contributed by atoms with Crippen molar-refractivity contribution in [2.45, 2.75) is 13.8 Å². The van der Waals surface area contributed by atoms with Gasteiger partial charge < -0.3 is 9.15 Å². The largest absolute Gasteiger partial charge is 0.493 e. The smallest absolute Gasteiger partial charge is 0.251 e. The topological polar surface area (TPSA) is 48.2 Å². The summed E-state index contributed by atoms with van der Waals surface area (Å²) in [7, 11) is 0. The second kappa shape index (κ2) is 5.79. The standard InChI is InChI=1S/C17H16N2O2/c1-3-20-15-7-5-4-6-14(15)17-19-18-16(21-17)13-10-8-12(2)9-11-13/h4-11H,3H2,1-2H3. The molecule has 0 saturated carbocycles. The van der Waals surface area contributed by atoms with E-state index in [1.807, 2.05) is 62.4 Å². The zero-order chi connectivity index (χ0) is 14.7. The molecule has 1 aromatic heterocycles. The van der Waals surface area contributed by atoms with E-state index >= 15 is 0 Å². The Balaban J connectivity index is 1.97. The molecule has 1 heterocycles. The van der Waals surface area contributed by atoms with Gasteiger partial charge in [0.2, 0.25) is 5.89 Å². The Bertz CT molecular complexity index is 733. The molecule has 0 radical (unpaired) electrons. The van der Waals surface area contributed by atoms with Gasteiger partial charge in [-0.3, -0.25) is 0 Å². The normalized spacial score (nSPS) is 10.6. The fourth-order valence-electron chi connectivity index (χ4n) is 2.07. The lowest BCUT2D eigenvalue weighted by Gasteiger charge is -2.06. The fraction of sp³-hybridized carbons (Fsp3) is 0.176. The van der Waals surface area contributed by atoms with Gasteiger partial charge in [-0.05, 0) is 38.1 Å². The number of para-hydroxylation sites is 1. The summed E-state index contributed by atoms with van der Waals surface area (Å²) in [5.74, 6) is 1.73. The summed E-state index contributed by atoms with van der Waals surface area (Å²) in [5, 5.41) is 8.25. The lowest BCUT2D eigenvalue weighted by atomic mass is 10.1. The van der Waals surface area contributed by atoms with Crippen LogP contribution in [0.4, 0.5) is 0 Å². The Morgan fingerprint density at radius 2 is 1.67 bits per heavy atom. The minimum absolute atomic E-state index is 0.467. The van der Waals surface area contributed by atoms with Crippen molar-refractivity contribution < 1.29 is 9.15 Å². The van der Waals surface area contributed by atoms with E-state index in [2.05, 4.69) is 10.2 Å². The van der Waals surface area contributed by atoms with Crippen molar-refractivity contribution in [1.82, 2.24) is 10.2 Å². The first kappa shape index (κ1) is 13.4. The first-order valence-corrected chi connectivity index (χ1v) is 6.90. The summed E-state index contributed by atoms with van der Waals surface area (Å²) >= 11 is 0. The number of aromatic nitrogens is 2. The van der Waals surface area contributed by atoms with Crippen LogP contribution >= 0.6 is 0 Å². The molecule has 0 saturated heterocycles. The van der Waals surface area contributed by atoms with Gasteiger partial charge in [0.15, 0.2) is 0 Å². The van der Waals surface area contributed by atoms with Crippen LogP contribution < -0.4 is 4.74 Å². The summed E-state index contributed by atoms with van der Waals surface area (Å²) in [6.07, 6.45) is 0. The van der Waals surface area contributed by atoms with Gasteiger partial charge in [-0.25, -0.2) is 0 Å². The zero-order valence-electron chi connectivity index (χ0n) is 12.0. The minimum atomic E-state index is 0.467. The quantitative estimate of drug-likeness (QED) is 0.721. The first-order chi connectivity index (χ1) is 10.3. The summed E-state index contributed by atoms with van der Waals surface area (Å²) in [6, 6.07) is 15.6. The van der Waals surface area contributed by atoms with Crippen LogP contribution in [0.2, 0.25) is 0 Å². The average molecular weight is 280 g/mol. The summed E-state index contributed by atoms with van der Waals surface area (Å²) in [4.78, 5) is 0. The number of rotatable bonds is 4. The number of nitrogens with zero attached hydrogens (tertiary/aromatic N) is 2. The predicted molar refractivity (Wildman–Crippen MR) is 81.1 cm³/mol. The highest BCUT2D eigenvalue weighted by Crippen LogP contribution is 2.30. The van der Waals surface area contributed by atoms with Crippen molar-refractivity contribution in [2.24, 2.45) is 0 Å². The van der Waals surface area contributed by atoms with Crippen LogP contribution in [0.1, 0.15) is 12.5 Å². The molecule has 0 amide bonds. The van der Waals surface area contributed by atoms with E-state index in [-0.39, 0.29) is 0 Å². The number of benzene rings is 2. The molecule has 0 N–H and O–H groups in total. The average Bonchev–Trinajstić information content (AvgIpc) is 2.99. The molecule has 0 aliphatic heterocycles. The Morgan fingerprint density at radius 1 is 0.952 bits per heavy atom. The summed E-state index contributed by atoms with van der Waals surface area (Å²) < 4.78 is 11.4. The molecule has 0 atom stereocenters. The third-order valence-electron chi connectivity index (χ3n) is 3.14. The van der Waals surface area contributed by atoms with Gasteiger partial charge in [-0.15, -0.1) is 10.2 Å². The third kappa shape index (κ3) is 2.79. The zero-order valence-corrected chi connectivity index (χ0v) is 12.0. The highest BCUT2D eigenvalue weighted by atomic mass is 16.5. The SMILES string of the molecule is CCOc1ccccc1-c1nnc(-c2ccc(C)cc2)o1. The predicted octanol–water partition coefficient (Wildman–Crippen LogP) is 4.11. The van der Waals surface area contributed by atoms with Crippen molar-refractivity contribution in [3.8, 4) is 28.7 Å². The molecule has 21 heavy (non-hydrogen) atoms. The van der Waals surface area contributed by atoms with E-state index in [9.17, 15) is 0 Å². The van der Waals surface area contributed by atoms with Crippen LogP contribution in [0, 0.1) is 6.92 Å². The molecule has 4 heteroatoms. The molecule has 0 fully saturated rings. The molecule has 0 aliphatic carbocycles. The fourth-order valence-corrected chi connectivity index (χ4v) is 2.07. The molecule has 0 unspecified atom stereocenters. The molecule has 106 valence electrons. The Hall–Kier alpha value is -2.62. The van der Waals surface area contributed by atoms with Gasteiger partial charge >= 0.3 is 0 Å². The van der Waals surface area contributed by atoms with E-state index in [4.69, 9.17) is 9.15 Å². The second-order valence-electron chi connectivity index (χ2n) is 4.71. The molecular formula is C17H16N2O2. The first-order valence-electron chi connectivity index (χ1n) is 6.90. The van der Waals surface area contributed by atoms with Crippen molar-refractivity contribution in [3.63, 3.8) is 0 Å². The lowest BCUT2D eigenvalue weighted by molar-refractivity contribution is 0.340. The molecule has 0 bridgehead atoms. The highest BCUT2D eigenvalue weighted by Gasteiger charge is 2.14. The van der Waals surface area contributed by atoms with Gasteiger partial charge in [-0.1, -0.05) is 29.8 Å². The molecular weight excluding hydrogens is 264 g/mol. The maximum absolute atomic E-state index is 5.78. The number of ether oxygens (including phenoxy) is 1. The van der Waals surface area contributed by atoms with Crippen molar-refractivity contribution in [1.29, 1.82) is 0 Å². The monoisotopic (exact) mass is 280 g/mol. The van der Waals surface area contributed by atoms with Crippen LogP contribution in [-0.2, 0) is 0 Å². The highest BCUT2D eigenvalue weighted by molar-refractivity contribution is 5.64. The van der Waals surface area contributed by atoms with Gasteiger partial charge in [0.05, 0.1) is 12.2 Å². The van der Waals surface area contributed by atoms with Crippen molar-refractivity contribution >= 4 is 0 Å². The molecule has 3 rings (SSSR count). The maximum atomic E-state index is 5.78. The Labute approximate surface area is 123 Å². The second-order valence-corrected chi connectivity index (χ2v) is 4.71. The summed E-state index contributed by atoms with van der Waals surface area (Å²) in [6.45, 7) is 4.58. The minimum Gasteiger partial charge on any atom is -0.493 e. The van der Waals surface area contributed by atoms with Crippen LogP contribution in [0.5, 0.6) is 5.75 Å². The van der Waals surface area contributed by atoms with Crippen molar-refractivity contribution in [2.75, 3.05) is 6.61 Å². The van der Waals surface area contributed by atoms with Crippen LogP contribution in [0.15, 0.2) is 52.9 Å². The van der Waals surface area contributed by atoms with Crippen LogP contribution in [0.25, 0.3) is 22.9 Å². The molecule has 0 aliphatic rings. The number of hydrogen-bond acceptors (Lipinski definition) is 4. The molecule has 2 aromatic carbocycles. The molecule has 4 nitrogen and oxygen atoms in total. The Morgan fingerprint density at radius 3 is 2.43 bits per heavy atom. The van der Waals surface area contributed by atoms with Crippen LogP contribution in [-0.4, -0.2) is 16.8 Å².